The van der Waals surface area contributed by atoms with Gasteiger partial charge in [0.25, 0.3) is 0 Å². The lowest BCUT2D eigenvalue weighted by molar-refractivity contribution is 0.247. The standard InChI is InChI=1S/C15H23N3S/c1-11-4-5-14(12(2)10-11)17-15(19)16-13-6-8-18(3)9-7-13/h4-5,10,13H,6-9H2,1-3H3,(H2,16,17,19). The van der Waals surface area contributed by atoms with Gasteiger partial charge in [0.05, 0.1) is 0 Å². The SMILES string of the molecule is Cc1ccc(NC(=S)NC2CCN(C)CC2)c(C)c1. The molecular formula is C15H23N3S. The summed E-state index contributed by atoms with van der Waals surface area (Å²) in [5.41, 5.74) is 3.60. The van der Waals surface area contributed by atoms with E-state index in [1.165, 1.54) is 11.1 Å². The number of hydrogen-bond donors (Lipinski definition) is 2. The molecule has 0 aromatic heterocycles. The van der Waals surface area contributed by atoms with Crippen LogP contribution in [-0.2, 0) is 0 Å². The largest absolute Gasteiger partial charge is 0.360 e. The number of nitrogens with zero attached hydrogens (tertiary/aromatic N) is 1. The van der Waals surface area contributed by atoms with Crippen molar-refractivity contribution in [3.05, 3.63) is 29.3 Å². The highest BCUT2D eigenvalue weighted by Crippen LogP contribution is 2.16. The number of rotatable bonds is 2. The second-order valence-electron chi connectivity index (χ2n) is 5.49. The third-order valence-electron chi connectivity index (χ3n) is 3.68. The van der Waals surface area contributed by atoms with Gasteiger partial charge in [0.2, 0.25) is 0 Å². The molecule has 1 aromatic carbocycles. The third-order valence-corrected chi connectivity index (χ3v) is 3.90. The van der Waals surface area contributed by atoms with E-state index < -0.39 is 0 Å². The van der Waals surface area contributed by atoms with Crippen LogP contribution in [0.5, 0.6) is 0 Å². The van der Waals surface area contributed by atoms with Crippen LogP contribution in [0.25, 0.3) is 0 Å². The summed E-state index contributed by atoms with van der Waals surface area (Å²) < 4.78 is 0. The number of aryl methyl sites for hydroxylation is 2. The van der Waals surface area contributed by atoms with Crippen molar-refractivity contribution in [2.45, 2.75) is 32.7 Å². The quantitative estimate of drug-likeness (QED) is 0.813. The Labute approximate surface area is 121 Å². The Morgan fingerprint density at radius 3 is 2.58 bits per heavy atom. The molecule has 0 atom stereocenters. The predicted molar refractivity (Wildman–Crippen MR) is 85.8 cm³/mol. The lowest BCUT2D eigenvalue weighted by Gasteiger charge is -2.30. The molecule has 3 nitrogen and oxygen atoms in total. The molecule has 4 heteroatoms. The van der Waals surface area contributed by atoms with Crippen LogP contribution < -0.4 is 10.6 Å². The molecule has 0 saturated carbocycles. The Kier molecular flexibility index (Phi) is 4.77. The smallest absolute Gasteiger partial charge is 0.171 e. The fourth-order valence-corrected chi connectivity index (χ4v) is 2.73. The van der Waals surface area contributed by atoms with Crippen molar-refractivity contribution in [3.63, 3.8) is 0 Å². The second kappa shape index (κ2) is 6.35. The van der Waals surface area contributed by atoms with Gasteiger partial charge in [-0.3, -0.25) is 0 Å². The molecule has 2 rings (SSSR count). The van der Waals surface area contributed by atoms with Crippen LogP contribution in [-0.4, -0.2) is 36.2 Å². The summed E-state index contributed by atoms with van der Waals surface area (Å²) in [6.45, 7) is 6.49. The van der Waals surface area contributed by atoms with Gasteiger partial charge in [-0.25, -0.2) is 0 Å². The lowest BCUT2D eigenvalue weighted by Crippen LogP contribution is -2.44. The van der Waals surface area contributed by atoms with Crippen molar-refractivity contribution < 1.29 is 0 Å². The number of piperidine rings is 1. The summed E-state index contributed by atoms with van der Waals surface area (Å²) in [5, 5.41) is 7.46. The highest BCUT2D eigenvalue weighted by Gasteiger charge is 2.17. The van der Waals surface area contributed by atoms with E-state index in [1.807, 2.05) is 0 Å². The van der Waals surface area contributed by atoms with Crippen LogP contribution in [0, 0.1) is 13.8 Å². The van der Waals surface area contributed by atoms with Crippen LogP contribution >= 0.6 is 12.2 Å². The van der Waals surface area contributed by atoms with Crippen molar-refractivity contribution in [2.24, 2.45) is 0 Å². The van der Waals surface area contributed by atoms with E-state index in [-0.39, 0.29) is 0 Å². The maximum absolute atomic E-state index is 5.40. The minimum absolute atomic E-state index is 0.502. The molecule has 0 spiro atoms. The zero-order chi connectivity index (χ0) is 13.8. The van der Waals surface area contributed by atoms with Gasteiger partial charge < -0.3 is 15.5 Å². The molecule has 1 aromatic rings. The molecule has 1 saturated heterocycles. The molecule has 2 N–H and O–H groups in total. The average Bonchev–Trinajstić information content (AvgIpc) is 2.36. The molecule has 1 aliphatic rings. The molecule has 19 heavy (non-hydrogen) atoms. The molecule has 0 radical (unpaired) electrons. The van der Waals surface area contributed by atoms with E-state index >= 15 is 0 Å². The molecule has 0 aliphatic carbocycles. The summed E-state index contributed by atoms with van der Waals surface area (Å²) in [5.74, 6) is 0. The predicted octanol–water partition coefficient (Wildman–Crippen LogP) is 2.68. The first-order valence-electron chi connectivity index (χ1n) is 6.88. The van der Waals surface area contributed by atoms with E-state index in [1.54, 1.807) is 0 Å². The highest BCUT2D eigenvalue weighted by molar-refractivity contribution is 7.80. The first-order valence-corrected chi connectivity index (χ1v) is 7.29. The summed E-state index contributed by atoms with van der Waals surface area (Å²) in [6, 6.07) is 6.86. The average molecular weight is 277 g/mol. The molecule has 0 bridgehead atoms. The number of anilines is 1. The molecule has 0 amide bonds. The second-order valence-corrected chi connectivity index (χ2v) is 5.90. The first-order chi connectivity index (χ1) is 9.04. The van der Waals surface area contributed by atoms with Gasteiger partial charge in [0, 0.05) is 11.7 Å². The summed E-state index contributed by atoms with van der Waals surface area (Å²) in [6.07, 6.45) is 2.32. The van der Waals surface area contributed by atoms with Crippen LogP contribution in [0.2, 0.25) is 0 Å². The van der Waals surface area contributed by atoms with Crippen LogP contribution in [0.15, 0.2) is 18.2 Å². The van der Waals surface area contributed by atoms with Gasteiger partial charge >= 0.3 is 0 Å². The Hall–Kier alpha value is -1.13. The summed E-state index contributed by atoms with van der Waals surface area (Å²) in [7, 11) is 2.17. The van der Waals surface area contributed by atoms with E-state index in [0.29, 0.717) is 6.04 Å². The van der Waals surface area contributed by atoms with Crippen molar-refractivity contribution >= 4 is 23.0 Å². The number of hydrogen-bond acceptors (Lipinski definition) is 2. The lowest BCUT2D eigenvalue weighted by atomic mass is 10.1. The maximum Gasteiger partial charge on any atom is 0.171 e. The Bertz CT molecular complexity index is 451. The maximum atomic E-state index is 5.40. The van der Waals surface area contributed by atoms with Crippen molar-refractivity contribution in [1.29, 1.82) is 0 Å². The van der Waals surface area contributed by atoms with Gasteiger partial charge in [-0.15, -0.1) is 0 Å². The van der Waals surface area contributed by atoms with Gasteiger partial charge in [0.15, 0.2) is 5.11 Å². The number of nitrogens with one attached hydrogen (secondary N) is 2. The number of likely N-dealkylation sites (tertiary alicyclic amines) is 1. The van der Waals surface area contributed by atoms with Gasteiger partial charge in [-0.1, -0.05) is 17.7 Å². The Morgan fingerprint density at radius 2 is 1.95 bits per heavy atom. The van der Waals surface area contributed by atoms with Crippen molar-refractivity contribution in [2.75, 3.05) is 25.5 Å². The van der Waals surface area contributed by atoms with Gasteiger partial charge in [-0.2, -0.15) is 0 Å². The Balaban J connectivity index is 1.87. The molecular weight excluding hydrogens is 254 g/mol. The van der Waals surface area contributed by atoms with Gasteiger partial charge in [0.1, 0.15) is 0 Å². The zero-order valence-corrected chi connectivity index (χ0v) is 12.8. The van der Waals surface area contributed by atoms with Crippen LogP contribution in [0.4, 0.5) is 5.69 Å². The van der Waals surface area contributed by atoms with E-state index in [0.717, 1.165) is 36.7 Å². The van der Waals surface area contributed by atoms with E-state index in [4.69, 9.17) is 12.2 Å². The topological polar surface area (TPSA) is 27.3 Å². The minimum Gasteiger partial charge on any atom is -0.360 e. The van der Waals surface area contributed by atoms with Crippen molar-refractivity contribution in [1.82, 2.24) is 10.2 Å². The molecule has 1 fully saturated rings. The van der Waals surface area contributed by atoms with Crippen molar-refractivity contribution in [3.8, 4) is 0 Å². The number of thiocarbonyl (C=S) groups is 1. The molecule has 0 unspecified atom stereocenters. The van der Waals surface area contributed by atoms with Crippen LogP contribution in [0.3, 0.4) is 0 Å². The number of benzene rings is 1. The zero-order valence-electron chi connectivity index (χ0n) is 12.0. The Morgan fingerprint density at radius 1 is 1.26 bits per heavy atom. The third kappa shape index (κ3) is 4.18. The van der Waals surface area contributed by atoms with E-state index in [2.05, 4.69) is 54.6 Å². The van der Waals surface area contributed by atoms with Crippen LogP contribution in [0.1, 0.15) is 24.0 Å². The fraction of sp³-hybridized carbons (Fsp3) is 0.533. The summed E-state index contributed by atoms with van der Waals surface area (Å²) in [4.78, 5) is 2.36. The fourth-order valence-electron chi connectivity index (χ4n) is 2.45. The molecule has 1 aliphatic heterocycles. The first kappa shape index (κ1) is 14.3. The molecule has 1 heterocycles. The normalized spacial score (nSPS) is 17.2. The summed E-state index contributed by atoms with van der Waals surface area (Å²) >= 11 is 5.40. The molecule has 104 valence electrons. The highest BCUT2D eigenvalue weighted by atomic mass is 32.1. The minimum atomic E-state index is 0.502. The van der Waals surface area contributed by atoms with E-state index in [9.17, 15) is 0 Å². The van der Waals surface area contributed by atoms with Gasteiger partial charge in [-0.05, 0) is 70.7 Å². The monoisotopic (exact) mass is 277 g/mol.